The molecule has 0 radical (unpaired) electrons. The molecular weight excluding hydrogens is 618 g/mol. The molecule has 2 N–H and O–H groups in total. The Morgan fingerprint density at radius 3 is 2.63 bits per heavy atom. The van der Waals surface area contributed by atoms with Gasteiger partial charge < -0.3 is 29.7 Å². The van der Waals surface area contributed by atoms with Gasteiger partial charge in [-0.1, -0.05) is 47.3 Å². The Kier molecular flexibility index (Phi) is 11.9. The maximum absolute atomic E-state index is 14.6. The largest absolute Gasteiger partial charge is 0.460 e. The molecule has 1 saturated carbocycles. The average Bonchev–Trinajstić information content (AvgIpc) is 3.59. The van der Waals surface area contributed by atoms with Crippen LogP contribution in [0.2, 0.25) is 0 Å². The Balaban J connectivity index is 1.59. The van der Waals surface area contributed by atoms with Crippen LogP contribution in [0.3, 0.4) is 0 Å². The number of nitrogens with zero attached hydrogens (tertiary/aromatic N) is 2. The van der Waals surface area contributed by atoms with Crippen LogP contribution in [0.1, 0.15) is 77.6 Å². The number of halogens is 1. The quantitative estimate of drug-likeness (QED) is 0.112. The number of amides is 3. The summed E-state index contributed by atoms with van der Waals surface area (Å²) in [5, 5.41) is 12.1. The van der Waals surface area contributed by atoms with Crippen LogP contribution in [-0.4, -0.2) is 99.6 Å². The van der Waals surface area contributed by atoms with Crippen LogP contribution in [0.5, 0.6) is 0 Å². The highest BCUT2D eigenvalue weighted by Crippen LogP contribution is 2.60. The van der Waals surface area contributed by atoms with E-state index in [9.17, 15) is 24.3 Å². The van der Waals surface area contributed by atoms with E-state index in [-0.39, 0.29) is 41.7 Å². The van der Waals surface area contributed by atoms with E-state index >= 15 is 0 Å². The highest BCUT2D eigenvalue weighted by molar-refractivity contribution is 9.09. The molecule has 1 spiro atoms. The van der Waals surface area contributed by atoms with Gasteiger partial charge in [-0.25, -0.2) is 0 Å². The number of rotatable bonds is 16. The van der Waals surface area contributed by atoms with Gasteiger partial charge >= 0.3 is 5.97 Å². The lowest BCUT2D eigenvalue weighted by Crippen LogP contribution is -2.58. The monoisotopic (exact) mass is 665 g/mol. The van der Waals surface area contributed by atoms with E-state index in [1.165, 1.54) is 0 Å². The van der Waals surface area contributed by atoms with Gasteiger partial charge in [-0.2, -0.15) is 0 Å². The van der Waals surface area contributed by atoms with Crippen molar-refractivity contribution in [1.29, 1.82) is 0 Å². The van der Waals surface area contributed by atoms with Gasteiger partial charge in [-0.3, -0.25) is 19.2 Å². The molecule has 240 valence electrons. The van der Waals surface area contributed by atoms with Gasteiger partial charge in [0.15, 0.2) is 0 Å². The first-order chi connectivity index (χ1) is 20.7. The maximum Gasteiger partial charge on any atom is 0.312 e. The zero-order valence-electron chi connectivity index (χ0n) is 25.4. The minimum absolute atomic E-state index is 0.0640. The number of unbranched alkanes of at least 4 members (excludes halogenated alkanes) is 2. The van der Waals surface area contributed by atoms with Crippen molar-refractivity contribution in [2.45, 2.75) is 112 Å². The summed E-state index contributed by atoms with van der Waals surface area (Å²) in [5.74, 6) is -2.81. The standard InChI is InChI=1S/C32H48BrN3O7/c1-4-6-15-24(38)34-20-21(3)42-31(41)25-26-29(39)36(17-11-8-12-18-37)28(32(26)19-23(33)27(25)43-32)30(40)35(16-5-2)22-13-9-7-10-14-22/h4-5,21-23,25-28,37H,1-2,6-20H2,3H3,(H,34,38)/t21-,23?,25+,26-,27+,28+,32-/m1/s1. The lowest BCUT2D eigenvalue weighted by Gasteiger charge is -2.41. The Bertz CT molecular complexity index is 1050. The zero-order valence-corrected chi connectivity index (χ0v) is 27.0. The number of carbonyl (C=O) groups is 4. The molecule has 3 aliphatic heterocycles. The molecule has 43 heavy (non-hydrogen) atoms. The molecule has 3 amide bonds. The van der Waals surface area contributed by atoms with Crippen LogP contribution in [0.4, 0.5) is 0 Å². The highest BCUT2D eigenvalue weighted by atomic mass is 79.9. The van der Waals surface area contributed by atoms with Gasteiger partial charge in [0, 0.05) is 37.0 Å². The zero-order chi connectivity index (χ0) is 31.1. The van der Waals surface area contributed by atoms with Gasteiger partial charge in [-0.05, 0) is 51.9 Å². The molecular formula is C32H48BrN3O7. The number of likely N-dealkylation sites (tertiary alicyclic amines) is 1. The maximum atomic E-state index is 14.6. The molecule has 4 fully saturated rings. The molecule has 11 heteroatoms. The topological polar surface area (TPSA) is 125 Å². The number of esters is 1. The predicted octanol–water partition coefficient (Wildman–Crippen LogP) is 3.26. The lowest BCUT2D eigenvalue weighted by atomic mass is 9.70. The molecule has 4 aliphatic rings. The fourth-order valence-corrected chi connectivity index (χ4v) is 8.44. The molecule has 3 heterocycles. The van der Waals surface area contributed by atoms with Gasteiger partial charge in [0.25, 0.3) is 0 Å². The predicted molar refractivity (Wildman–Crippen MR) is 165 cm³/mol. The third-order valence-corrected chi connectivity index (χ3v) is 10.3. The number of fused-ring (bicyclic) bond motifs is 1. The molecule has 0 aromatic heterocycles. The average molecular weight is 667 g/mol. The summed E-state index contributed by atoms with van der Waals surface area (Å²) in [6.07, 6.45) is 10.5. The molecule has 0 aromatic carbocycles. The van der Waals surface area contributed by atoms with E-state index in [4.69, 9.17) is 9.47 Å². The summed E-state index contributed by atoms with van der Waals surface area (Å²) < 4.78 is 12.4. The number of hydrogen-bond donors (Lipinski definition) is 2. The number of allylic oxidation sites excluding steroid dienone is 1. The summed E-state index contributed by atoms with van der Waals surface area (Å²) in [6, 6.07) is -0.784. The second-order valence-corrected chi connectivity index (χ2v) is 13.6. The second kappa shape index (κ2) is 15.2. The Morgan fingerprint density at radius 2 is 1.95 bits per heavy atom. The third-order valence-electron chi connectivity index (χ3n) is 9.46. The number of aliphatic hydroxyl groups is 1. The number of ether oxygens (including phenoxy) is 2. The summed E-state index contributed by atoms with van der Waals surface area (Å²) >= 11 is 3.71. The minimum atomic E-state index is -1.15. The van der Waals surface area contributed by atoms with Gasteiger partial charge in [0.1, 0.15) is 17.7 Å². The second-order valence-electron chi connectivity index (χ2n) is 12.4. The molecule has 3 saturated heterocycles. The highest BCUT2D eigenvalue weighted by Gasteiger charge is 2.77. The van der Waals surface area contributed by atoms with Gasteiger partial charge in [-0.15, -0.1) is 13.2 Å². The molecule has 4 rings (SSSR count). The van der Waals surface area contributed by atoms with Crippen molar-refractivity contribution in [3.05, 3.63) is 25.3 Å². The number of hydrogen-bond acceptors (Lipinski definition) is 7. The Hall–Kier alpha value is -2.24. The number of alkyl halides is 1. The van der Waals surface area contributed by atoms with E-state index in [0.717, 1.165) is 32.1 Å². The van der Waals surface area contributed by atoms with E-state index < -0.39 is 41.7 Å². The van der Waals surface area contributed by atoms with E-state index in [1.807, 2.05) is 4.90 Å². The lowest BCUT2D eigenvalue weighted by molar-refractivity contribution is -0.159. The summed E-state index contributed by atoms with van der Waals surface area (Å²) in [7, 11) is 0. The van der Waals surface area contributed by atoms with Crippen LogP contribution < -0.4 is 5.32 Å². The third kappa shape index (κ3) is 7.04. The van der Waals surface area contributed by atoms with Crippen LogP contribution in [0.25, 0.3) is 0 Å². The number of aliphatic hydroxyl groups excluding tert-OH is 1. The summed E-state index contributed by atoms with van der Waals surface area (Å²) in [6.45, 7) is 10.2. The van der Waals surface area contributed by atoms with Crippen molar-refractivity contribution in [3.8, 4) is 0 Å². The molecule has 2 bridgehead atoms. The Morgan fingerprint density at radius 1 is 1.21 bits per heavy atom. The molecule has 7 atom stereocenters. The molecule has 1 unspecified atom stereocenters. The number of nitrogens with one attached hydrogen (secondary N) is 1. The molecule has 0 aromatic rings. The fraction of sp³-hybridized carbons (Fsp3) is 0.750. The summed E-state index contributed by atoms with van der Waals surface area (Å²) in [4.78, 5) is 57.9. The van der Waals surface area contributed by atoms with Crippen LogP contribution >= 0.6 is 15.9 Å². The van der Waals surface area contributed by atoms with Crippen molar-refractivity contribution in [1.82, 2.24) is 15.1 Å². The minimum Gasteiger partial charge on any atom is -0.460 e. The van der Waals surface area contributed by atoms with Gasteiger partial charge in [0.2, 0.25) is 17.7 Å². The van der Waals surface area contributed by atoms with Crippen molar-refractivity contribution in [2.75, 3.05) is 26.2 Å². The van der Waals surface area contributed by atoms with E-state index in [2.05, 4.69) is 34.4 Å². The van der Waals surface area contributed by atoms with Crippen LogP contribution in [-0.2, 0) is 28.7 Å². The van der Waals surface area contributed by atoms with E-state index in [0.29, 0.717) is 51.6 Å². The SMILES string of the molecule is C=CCCC(=O)NC[C@@H](C)OC(=O)[C@@H]1[C@H]2O[C@@]3(CC2Br)[C@H](C(=O)N(CC=C)C2CCCCC2)N(CCCCCO)C(=O)[C@@H]13. The van der Waals surface area contributed by atoms with Crippen LogP contribution in [0, 0.1) is 11.8 Å². The Labute approximate surface area is 263 Å². The fourth-order valence-electron chi connectivity index (χ4n) is 7.49. The van der Waals surface area contributed by atoms with Crippen molar-refractivity contribution >= 4 is 39.6 Å². The first kappa shape index (κ1) is 33.6. The van der Waals surface area contributed by atoms with E-state index in [1.54, 1.807) is 24.0 Å². The van der Waals surface area contributed by atoms with Crippen LogP contribution in [0.15, 0.2) is 25.3 Å². The normalized spacial score (nSPS) is 30.5. The smallest absolute Gasteiger partial charge is 0.312 e. The molecule has 1 aliphatic carbocycles. The first-order valence-electron chi connectivity index (χ1n) is 15.9. The van der Waals surface area contributed by atoms with Gasteiger partial charge in [0.05, 0.1) is 24.5 Å². The first-order valence-corrected chi connectivity index (χ1v) is 16.8. The van der Waals surface area contributed by atoms with Crippen molar-refractivity contribution < 1.29 is 33.8 Å². The van der Waals surface area contributed by atoms with Crippen molar-refractivity contribution in [2.24, 2.45) is 11.8 Å². The molecule has 10 nitrogen and oxygen atoms in total. The number of carbonyl (C=O) groups excluding carboxylic acids is 4. The van der Waals surface area contributed by atoms with Crippen molar-refractivity contribution in [3.63, 3.8) is 0 Å². The summed E-state index contributed by atoms with van der Waals surface area (Å²) in [5.41, 5.74) is -1.15.